The fourth-order valence-corrected chi connectivity index (χ4v) is 4.75. The SMILES string of the molecule is CCC1CCCC(C(N)C2CCOC3(CCC3)C2)C1. The fourth-order valence-electron chi connectivity index (χ4n) is 4.75. The zero-order chi connectivity index (χ0) is 13.3. The van der Waals surface area contributed by atoms with Gasteiger partial charge in [-0.3, -0.25) is 0 Å². The lowest BCUT2D eigenvalue weighted by Gasteiger charge is -2.49. The molecule has 0 amide bonds. The van der Waals surface area contributed by atoms with Crippen molar-refractivity contribution in [3.63, 3.8) is 0 Å². The zero-order valence-corrected chi connectivity index (χ0v) is 12.6. The second-order valence-electron chi connectivity index (χ2n) is 7.42. The molecule has 0 aromatic heterocycles. The first-order chi connectivity index (χ1) is 9.22. The molecule has 4 unspecified atom stereocenters. The van der Waals surface area contributed by atoms with Gasteiger partial charge in [-0.25, -0.2) is 0 Å². The van der Waals surface area contributed by atoms with E-state index in [-0.39, 0.29) is 5.60 Å². The maximum Gasteiger partial charge on any atom is 0.0685 e. The van der Waals surface area contributed by atoms with Gasteiger partial charge in [-0.2, -0.15) is 0 Å². The van der Waals surface area contributed by atoms with Crippen molar-refractivity contribution in [2.75, 3.05) is 6.61 Å². The molecule has 2 N–H and O–H groups in total. The minimum Gasteiger partial charge on any atom is -0.375 e. The third kappa shape index (κ3) is 2.85. The molecular weight excluding hydrogens is 234 g/mol. The first-order valence-corrected chi connectivity index (χ1v) is 8.62. The van der Waals surface area contributed by atoms with E-state index in [9.17, 15) is 0 Å². The van der Waals surface area contributed by atoms with Crippen LogP contribution in [0.5, 0.6) is 0 Å². The molecule has 4 atom stereocenters. The molecule has 2 aliphatic carbocycles. The van der Waals surface area contributed by atoms with Gasteiger partial charge in [0.05, 0.1) is 5.60 Å². The second-order valence-corrected chi connectivity index (χ2v) is 7.42. The zero-order valence-electron chi connectivity index (χ0n) is 12.6. The number of ether oxygens (including phenoxy) is 1. The van der Waals surface area contributed by atoms with Gasteiger partial charge in [-0.15, -0.1) is 0 Å². The van der Waals surface area contributed by atoms with Gasteiger partial charge in [0.15, 0.2) is 0 Å². The van der Waals surface area contributed by atoms with Crippen molar-refractivity contribution in [2.24, 2.45) is 23.5 Å². The third-order valence-corrected chi connectivity index (χ3v) is 6.29. The molecule has 1 spiro atoms. The highest BCUT2D eigenvalue weighted by Crippen LogP contribution is 2.46. The summed E-state index contributed by atoms with van der Waals surface area (Å²) in [5, 5.41) is 0. The van der Waals surface area contributed by atoms with Gasteiger partial charge in [0.1, 0.15) is 0 Å². The first-order valence-electron chi connectivity index (χ1n) is 8.62. The van der Waals surface area contributed by atoms with Crippen molar-refractivity contribution in [1.29, 1.82) is 0 Å². The standard InChI is InChI=1S/C17H31NO/c1-2-13-5-3-6-14(11-13)16(18)15-7-10-19-17(12-15)8-4-9-17/h13-16H,2-12,18H2,1H3. The highest BCUT2D eigenvalue weighted by atomic mass is 16.5. The van der Waals surface area contributed by atoms with Crippen LogP contribution in [0.2, 0.25) is 0 Å². The van der Waals surface area contributed by atoms with Crippen LogP contribution < -0.4 is 5.73 Å². The predicted molar refractivity (Wildman–Crippen MR) is 79.0 cm³/mol. The molecular formula is C17H31NO. The van der Waals surface area contributed by atoms with E-state index in [2.05, 4.69) is 6.92 Å². The van der Waals surface area contributed by atoms with Gasteiger partial charge in [0, 0.05) is 12.6 Å². The van der Waals surface area contributed by atoms with Crippen molar-refractivity contribution < 1.29 is 4.74 Å². The van der Waals surface area contributed by atoms with E-state index in [1.807, 2.05) is 0 Å². The number of hydrogen-bond donors (Lipinski definition) is 1. The Kier molecular flexibility index (Phi) is 4.19. The lowest BCUT2D eigenvalue weighted by atomic mass is 9.66. The van der Waals surface area contributed by atoms with Crippen LogP contribution in [0.1, 0.15) is 71.1 Å². The van der Waals surface area contributed by atoms with Gasteiger partial charge < -0.3 is 10.5 Å². The molecule has 2 heteroatoms. The molecule has 1 aliphatic heterocycles. The summed E-state index contributed by atoms with van der Waals surface area (Å²) in [5.41, 5.74) is 6.95. The summed E-state index contributed by atoms with van der Waals surface area (Å²) in [7, 11) is 0. The minimum absolute atomic E-state index is 0.263. The second kappa shape index (κ2) is 5.73. The van der Waals surface area contributed by atoms with Crippen LogP contribution in [0.3, 0.4) is 0 Å². The van der Waals surface area contributed by atoms with Crippen LogP contribution >= 0.6 is 0 Å². The smallest absolute Gasteiger partial charge is 0.0685 e. The van der Waals surface area contributed by atoms with Gasteiger partial charge in [-0.05, 0) is 62.7 Å². The maximum absolute atomic E-state index is 6.68. The lowest BCUT2D eigenvalue weighted by Crippen LogP contribution is -2.51. The molecule has 3 aliphatic rings. The summed E-state index contributed by atoms with van der Waals surface area (Å²) in [6, 6.07) is 0.440. The van der Waals surface area contributed by atoms with Crippen LogP contribution in [0.4, 0.5) is 0 Å². The number of rotatable bonds is 3. The Morgan fingerprint density at radius 2 is 2.00 bits per heavy atom. The highest BCUT2D eigenvalue weighted by Gasteiger charge is 2.45. The van der Waals surface area contributed by atoms with Crippen LogP contribution in [-0.2, 0) is 4.74 Å². The summed E-state index contributed by atoms with van der Waals surface area (Å²) in [6.45, 7) is 3.30. The average molecular weight is 265 g/mol. The number of hydrogen-bond acceptors (Lipinski definition) is 2. The van der Waals surface area contributed by atoms with E-state index < -0.39 is 0 Å². The summed E-state index contributed by atoms with van der Waals surface area (Å²) in [5.74, 6) is 2.47. The van der Waals surface area contributed by atoms with Crippen LogP contribution in [0.15, 0.2) is 0 Å². The largest absolute Gasteiger partial charge is 0.375 e. The van der Waals surface area contributed by atoms with Crippen LogP contribution in [0, 0.1) is 17.8 Å². The fraction of sp³-hybridized carbons (Fsp3) is 1.00. The van der Waals surface area contributed by atoms with Crippen molar-refractivity contribution in [2.45, 2.75) is 82.8 Å². The van der Waals surface area contributed by atoms with Gasteiger partial charge in [0.2, 0.25) is 0 Å². The summed E-state index contributed by atoms with van der Waals surface area (Å²) in [6.07, 6.45) is 13.4. The molecule has 1 heterocycles. The van der Waals surface area contributed by atoms with E-state index in [0.717, 1.165) is 24.4 Å². The van der Waals surface area contributed by atoms with Crippen molar-refractivity contribution >= 4 is 0 Å². The molecule has 0 radical (unpaired) electrons. The van der Waals surface area contributed by atoms with E-state index >= 15 is 0 Å². The van der Waals surface area contributed by atoms with Crippen molar-refractivity contribution in [3.8, 4) is 0 Å². The molecule has 2 nitrogen and oxygen atoms in total. The summed E-state index contributed by atoms with van der Waals surface area (Å²) >= 11 is 0. The van der Waals surface area contributed by atoms with Crippen molar-refractivity contribution in [1.82, 2.24) is 0 Å². The molecule has 0 bridgehead atoms. The van der Waals surface area contributed by atoms with Gasteiger partial charge in [-0.1, -0.05) is 26.2 Å². The van der Waals surface area contributed by atoms with E-state index in [1.54, 1.807) is 0 Å². The molecule has 0 aromatic carbocycles. The molecule has 1 saturated heterocycles. The molecule has 110 valence electrons. The van der Waals surface area contributed by atoms with Crippen molar-refractivity contribution in [3.05, 3.63) is 0 Å². The Hall–Kier alpha value is -0.0800. The highest BCUT2D eigenvalue weighted by molar-refractivity contribution is 4.97. The molecule has 3 fully saturated rings. The normalized spacial score (nSPS) is 39.8. The lowest BCUT2D eigenvalue weighted by molar-refractivity contribution is -0.148. The Labute approximate surface area is 118 Å². The summed E-state index contributed by atoms with van der Waals surface area (Å²) in [4.78, 5) is 0. The Balaban J connectivity index is 1.58. The predicted octanol–water partition coefficient (Wildman–Crippen LogP) is 3.88. The Morgan fingerprint density at radius 3 is 2.68 bits per heavy atom. The number of nitrogens with two attached hydrogens (primary N) is 1. The van der Waals surface area contributed by atoms with E-state index in [0.29, 0.717) is 6.04 Å². The Bertz CT molecular complexity index is 300. The van der Waals surface area contributed by atoms with Crippen LogP contribution in [0.25, 0.3) is 0 Å². The van der Waals surface area contributed by atoms with Gasteiger partial charge in [0.25, 0.3) is 0 Å². The van der Waals surface area contributed by atoms with E-state index in [4.69, 9.17) is 10.5 Å². The maximum atomic E-state index is 6.68. The van der Waals surface area contributed by atoms with Gasteiger partial charge >= 0.3 is 0 Å². The average Bonchev–Trinajstić information content (AvgIpc) is 2.45. The Morgan fingerprint density at radius 1 is 1.16 bits per heavy atom. The topological polar surface area (TPSA) is 35.2 Å². The third-order valence-electron chi connectivity index (χ3n) is 6.29. The quantitative estimate of drug-likeness (QED) is 0.840. The van der Waals surface area contributed by atoms with E-state index in [1.165, 1.54) is 64.2 Å². The molecule has 19 heavy (non-hydrogen) atoms. The first kappa shape index (κ1) is 13.9. The molecule has 0 aromatic rings. The molecule has 2 saturated carbocycles. The van der Waals surface area contributed by atoms with Crippen LogP contribution in [-0.4, -0.2) is 18.2 Å². The minimum atomic E-state index is 0.263. The molecule has 3 rings (SSSR count). The summed E-state index contributed by atoms with van der Waals surface area (Å²) < 4.78 is 6.06. The monoisotopic (exact) mass is 265 g/mol.